The van der Waals surface area contributed by atoms with E-state index in [0.29, 0.717) is 6.54 Å². The fraction of sp³-hybridized carbons (Fsp3) is 0.200. The molecule has 0 atom stereocenters. The van der Waals surface area contributed by atoms with Crippen molar-refractivity contribution < 1.29 is 4.79 Å². The van der Waals surface area contributed by atoms with Crippen LogP contribution in [0.1, 0.15) is 22.3 Å². The van der Waals surface area contributed by atoms with Crippen molar-refractivity contribution in [3.63, 3.8) is 0 Å². The second kappa shape index (κ2) is 10.0. The second-order valence-electron chi connectivity index (χ2n) is 7.26. The van der Waals surface area contributed by atoms with Gasteiger partial charge in [-0.1, -0.05) is 42.5 Å². The summed E-state index contributed by atoms with van der Waals surface area (Å²) in [7, 11) is 0. The van der Waals surface area contributed by atoms with Gasteiger partial charge in [0.1, 0.15) is 13.1 Å². The number of hydrogen-bond acceptors (Lipinski definition) is 4. The van der Waals surface area contributed by atoms with E-state index in [2.05, 4.69) is 26.0 Å². The summed E-state index contributed by atoms with van der Waals surface area (Å²) in [5, 5.41) is 22.6. The largest absolute Gasteiger partial charge is 0.313 e. The van der Waals surface area contributed by atoms with Gasteiger partial charge in [0.25, 0.3) is 0 Å². The van der Waals surface area contributed by atoms with Gasteiger partial charge in [-0.2, -0.15) is 15.6 Å². The van der Waals surface area contributed by atoms with Gasteiger partial charge in [-0.15, -0.1) is 0 Å². The molecule has 0 N–H and O–H groups in total. The molecule has 3 aromatic rings. The molecule has 6 nitrogen and oxygen atoms in total. The fourth-order valence-corrected chi connectivity index (χ4v) is 3.17. The van der Waals surface area contributed by atoms with Gasteiger partial charge in [-0.25, -0.2) is 0 Å². The summed E-state index contributed by atoms with van der Waals surface area (Å²) in [5.41, 5.74) is 6.01. The number of rotatable bonds is 7. The Morgan fingerprint density at radius 1 is 1.06 bits per heavy atom. The molecule has 6 heteroatoms. The van der Waals surface area contributed by atoms with Crippen LogP contribution < -0.4 is 0 Å². The summed E-state index contributed by atoms with van der Waals surface area (Å²) < 4.78 is 1.85. The molecule has 0 bridgehead atoms. The van der Waals surface area contributed by atoms with Gasteiger partial charge in [-0.3, -0.25) is 9.48 Å². The molecular weight excluding hydrogens is 386 g/mol. The molecule has 0 radical (unpaired) electrons. The van der Waals surface area contributed by atoms with Crippen molar-refractivity contribution in [2.24, 2.45) is 0 Å². The minimum absolute atomic E-state index is 0.131. The summed E-state index contributed by atoms with van der Waals surface area (Å²) in [5.74, 6) is -0.384. The van der Waals surface area contributed by atoms with Crippen molar-refractivity contribution in [3.8, 4) is 23.4 Å². The zero-order chi connectivity index (χ0) is 22.2. The highest BCUT2D eigenvalue weighted by Gasteiger charge is 2.13. The SMILES string of the molecule is Cc1ccc(-c2nn(Cc3ccccc3)cc2C=CC(=O)N(CC#N)CC#N)cc1C. The molecule has 0 aliphatic carbocycles. The molecule has 0 saturated carbocycles. The van der Waals surface area contributed by atoms with E-state index in [1.807, 2.05) is 59.4 Å². The Morgan fingerprint density at radius 2 is 1.77 bits per heavy atom. The van der Waals surface area contributed by atoms with Crippen LogP contribution in [0.5, 0.6) is 0 Å². The Hall–Kier alpha value is -4.16. The van der Waals surface area contributed by atoms with Crippen molar-refractivity contribution in [3.05, 3.63) is 83.1 Å². The van der Waals surface area contributed by atoms with Crippen LogP contribution in [0, 0.1) is 36.5 Å². The van der Waals surface area contributed by atoms with Crippen molar-refractivity contribution in [2.45, 2.75) is 20.4 Å². The van der Waals surface area contributed by atoms with Crippen molar-refractivity contribution in [1.82, 2.24) is 14.7 Å². The van der Waals surface area contributed by atoms with E-state index < -0.39 is 0 Å². The molecule has 1 amide bonds. The summed E-state index contributed by atoms with van der Waals surface area (Å²) >= 11 is 0. The van der Waals surface area contributed by atoms with Gasteiger partial charge < -0.3 is 4.90 Å². The van der Waals surface area contributed by atoms with Crippen LogP contribution >= 0.6 is 0 Å². The molecule has 0 unspecified atom stereocenters. The highest BCUT2D eigenvalue weighted by Crippen LogP contribution is 2.26. The van der Waals surface area contributed by atoms with E-state index in [1.165, 1.54) is 16.5 Å². The number of nitriles is 2. The first-order valence-electron chi connectivity index (χ1n) is 9.91. The van der Waals surface area contributed by atoms with Crippen LogP contribution in [-0.4, -0.2) is 33.7 Å². The first-order chi connectivity index (χ1) is 15.0. The molecule has 0 aliphatic heterocycles. The second-order valence-corrected chi connectivity index (χ2v) is 7.26. The zero-order valence-electron chi connectivity index (χ0n) is 17.6. The number of nitrogens with zero attached hydrogens (tertiary/aromatic N) is 5. The number of aromatic nitrogens is 2. The van der Waals surface area contributed by atoms with Crippen molar-refractivity contribution >= 4 is 12.0 Å². The van der Waals surface area contributed by atoms with Gasteiger partial charge in [0, 0.05) is 23.4 Å². The Morgan fingerprint density at radius 3 is 2.42 bits per heavy atom. The maximum atomic E-state index is 12.5. The normalized spacial score (nSPS) is 10.6. The third-order valence-electron chi connectivity index (χ3n) is 5.00. The molecule has 154 valence electrons. The van der Waals surface area contributed by atoms with E-state index in [-0.39, 0.29) is 19.0 Å². The van der Waals surface area contributed by atoms with E-state index in [4.69, 9.17) is 15.6 Å². The molecule has 0 aliphatic rings. The number of carbonyl (C=O) groups is 1. The van der Waals surface area contributed by atoms with Gasteiger partial charge in [-0.05, 0) is 42.7 Å². The minimum atomic E-state index is -0.384. The molecular formula is C25H23N5O. The van der Waals surface area contributed by atoms with Gasteiger partial charge >= 0.3 is 0 Å². The first-order valence-corrected chi connectivity index (χ1v) is 9.91. The number of amides is 1. The predicted octanol–water partition coefficient (Wildman–Crippen LogP) is 4.10. The monoisotopic (exact) mass is 409 g/mol. The lowest BCUT2D eigenvalue weighted by Gasteiger charge is -2.12. The van der Waals surface area contributed by atoms with Gasteiger partial charge in [0.2, 0.25) is 5.91 Å². The average molecular weight is 409 g/mol. The predicted molar refractivity (Wildman–Crippen MR) is 120 cm³/mol. The van der Waals surface area contributed by atoms with Crippen LogP contribution in [-0.2, 0) is 11.3 Å². The molecule has 1 heterocycles. The first kappa shape index (κ1) is 21.5. The molecule has 0 saturated heterocycles. The lowest BCUT2D eigenvalue weighted by molar-refractivity contribution is -0.124. The number of benzene rings is 2. The minimum Gasteiger partial charge on any atom is -0.313 e. The average Bonchev–Trinajstić information content (AvgIpc) is 3.17. The van der Waals surface area contributed by atoms with Crippen molar-refractivity contribution in [1.29, 1.82) is 10.5 Å². The summed E-state index contributed by atoms with van der Waals surface area (Å²) in [6.45, 7) is 4.46. The standard InChI is InChI=1S/C25H23N5O/c1-19-8-9-22(16-20(19)2)25-23(10-11-24(31)29(14-12-26)15-13-27)18-30(28-25)17-21-6-4-3-5-7-21/h3-11,16,18H,14-15,17H2,1-2H3. The number of hydrogen-bond donors (Lipinski definition) is 0. The maximum Gasteiger partial charge on any atom is 0.248 e. The number of aryl methyl sites for hydroxylation is 2. The zero-order valence-corrected chi connectivity index (χ0v) is 17.6. The summed E-state index contributed by atoms with van der Waals surface area (Å²) in [6, 6.07) is 20.0. The Balaban J connectivity index is 1.96. The molecule has 2 aromatic carbocycles. The third kappa shape index (κ3) is 5.46. The third-order valence-corrected chi connectivity index (χ3v) is 5.00. The highest BCUT2D eigenvalue weighted by atomic mass is 16.2. The fourth-order valence-electron chi connectivity index (χ4n) is 3.17. The molecule has 0 spiro atoms. The topological polar surface area (TPSA) is 85.7 Å². The van der Waals surface area contributed by atoms with Crippen LogP contribution in [0.2, 0.25) is 0 Å². The van der Waals surface area contributed by atoms with E-state index in [1.54, 1.807) is 6.08 Å². The van der Waals surface area contributed by atoms with Gasteiger partial charge in [0.05, 0.1) is 24.4 Å². The maximum absolute atomic E-state index is 12.5. The lowest BCUT2D eigenvalue weighted by Crippen LogP contribution is -2.30. The Kier molecular flexibility index (Phi) is 6.98. The van der Waals surface area contributed by atoms with Crippen LogP contribution in [0.15, 0.2) is 60.8 Å². The molecule has 3 rings (SSSR count). The summed E-state index contributed by atoms with van der Waals surface area (Å²) in [6.07, 6.45) is 4.99. The number of carbonyl (C=O) groups excluding carboxylic acids is 1. The Bertz CT molecular complexity index is 1160. The van der Waals surface area contributed by atoms with Crippen LogP contribution in [0.4, 0.5) is 0 Å². The summed E-state index contributed by atoms with van der Waals surface area (Å²) in [4.78, 5) is 13.6. The van der Waals surface area contributed by atoms with Crippen LogP contribution in [0.3, 0.4) is 0 Å². The Labute approximate surface area is 182 Å². The quantitative estimate of drug-likeness (QED) is 0.434. The lowest BCUT2D eigenvalue weighted by atomic mass is 10.0. The van der Waals surface area contributed by atoms with Gasteiger partial charge in [0.15, 0.2) is 0 Å². The smallest absolute Gasteiger partial charge is 0.248 e. The molecule has 31 heavy (non-hydrogen) atoms. The highest BCUT2D eigenvalue weighted by molar-refractivity contribution is 5.93. The van der Waals surface area contributed by atoms with Crippen LogP contribution in [0.25, 0.3) is 17.3 Å². The van der Waals surface area contributed by atoms with Crippen molar-refractivity contribution in [2.75, 3.05) is 13.1 Å². The van der Waals surface area contributed by atoms with E-state index in [0.717, 1.165) is 27.9 Å². The van der Waals surface area contributed by atoms with E-state index in [9.17, 15) is 4.79 Å². The molecule has 0 fully saturated rings. The molecule has 1 aromatic heterocycles. The van der Waals surface area contributed by atoms with E-state index >= 15 is 0 Å².